The second-order valence-electron chi connectivity index (χ2n) is 6.74. The Morgan fingerprint density at radius 3 is 2.81 bits per heavy atom. The standard InChI is InChI=1S/C19H15F4N5O3/c1-30-15-5-9(10(20)6-25-15)18-28-12-4-2-3-11(16(12)31-18)27-17(29)13-7-24-8-14(26-13)19(21,22)23/h5-8,11H,2-4H2,1H3,(H,27,29)/t11-/m0/s1. The zero-order valence-electron chi connectivity index (χ0n) is 16.0. The van der Waals surface area contributed by atoms with Crippen LogP contribution in [-0.4, -0.2) is 33.0 Å². The lowest BCUT2D eigenvalue weighted by Gasteiger charge is -2.21. The molecule has 0 saturated carbocycles. The minimum absolute atomic E-state index is 0.0109. The van der Waals surface area contributed by atoms with Gasteiger partial charge in [0.15, 0.2) is 11.5 Å². The van der Waals surface area contributed by atoms with E-state index in [1.54, 1.807) is 0 Å². The first kappa shape index (κ1) is 20.7. The number of oxazole rings is 1. The van der Waals surface area contributed by atoms with E-state index >= 15 is 0 Å². The topological polar surface area (TPSA) is 103 Å². The minimum Gasteiger partial charge on any atom is -0.481 e. The Morgan fingerprint density at radius 2 is 2.06 bits per heavy atom. The van der Waals surface area contributed by atoms with Crippen molar-refractivity contribution in [1.82, 2.24) is 25.3 Å². The van der Waals surface area contributed by atoms with E-state index in [1.165, 1.54) is 13.2 Å². The molecule has 4 rings (SSSR count). The summed E-state index contributed by atoms with van der Waals surface area (Å²) in [7, 11) is 1.38. The summed E-state index contributed by atoms with van der Waals surface area (Å²) < 4.78 is 63.5. The summed E-state index contributed by atoms with van der Waals surface area (Å²) in [6.07, 6.45) is -0.630. The second kappa shape index (κ2) is 7.93. The molecule has 0 saturated heterocycles. The predicted octanol–water partition coefficient (Wildman–Crippen LogP) is 3.50. The van der Waals surface area contributed by atoms with Gasteiger partial charge in [0.05, 0.1) is 43.0 Å². The maximum absolute atomic E-state index is 14.2. The third kappa shape index (κ3) is 4.18. The Bertz CT molecular complexity index is 1130. The van der Waals surface area contributed by atoms with E-state index in [1.807, 2.05) is 0 Å². The van der Waals surface area contributed by atoms with Crippen molar-refractivity contribution in [3.63, 3.8) is 0 Å². The number of halogens is 4. The average Bonchev–Trinajstić information content (AvgIpc) is 3.19. The molecule has 0 spiro atoms. The molecule has 3 aromatic rings. The first-order valence-corrected chi connectivity index (χ1v) is 9.16. The predicted molar refractivity (Wildman–Crippen MR) is 96.4 cm³/mol. The highest BCUT2D eigenvalue weighted by Gasteiger charge is 2.34. The first-order chi connectivity index (χ1) is 14.8. The van der Waals surface area contributed by atoms with Gasteiger partial charge in [0.1, 0.15) is 11.5 Å². The van der Waals surface area contributed by atoms with E-state index in [2.05, 4.69) is 25.3 Å². The van der Waals surface area contributed by atoms with Crippen LogP contribution in [0.2, 0.25) is 0 Å². The summed E-state index contributed by atoms with van der Waals surface area (Å²) in [5.74, 6) is -1.04. The molecule has 12 heteroatoms. The summed E-state index contributed by atoms with van der Waals surface area (Å²) in [5.41, 5.74) is -1.19. The van der Waals surface area contributed by atoms with E-state index in [-0.39, 0.29) is 17.3 Å². The van der Waals surface area contributed by atoms with Crippen molar-refractivity contribution in [2.45, 2.75) is 31.5 Å². The molecular weight excluding hydrogens is 422 g/mol. The number of nitrogens with zero attached hydrogens (tertiary/aromatic N) is 4. The summed E-state index contributed by atoms with van der Waals surface area (Å²) in [6.45, 7) is 0. The number of nitrogens with one attached hydrogen (secondary N) is 1. The highest BCUT2D eigenvalue weighted by atomic mass is 19.4. The molecule has 0 aromatic carbocycles. The molecule has 1 amide bonds. The van der Waals surface area contributed by atoms with E-state index in [9.17, 15) is 22.4 Å². The van der Waals surface area contributed by atoms with Crippen molar-refractivity contribution in [2.75, 3.05) is 7.11 Å². The molecule has 8 nitrogen and oxygen atoms in total. The van der Waals surface area contributed by atoms with Gasteiger partial charge < -0.3 is 14.5 Å². The van der Waals surface area contributed by atoms with Gasteiger partial charge in [0, 0.05) is 6.07 Å². The van der Waals surface area contributed by atoms with Gasteiger partial charge >= 0.3 is 6.18 Å². The van der Waals surface area contributed by atoms with Crippen LogP contribution in [-0.2, 0) is 12.6 Å². The molecule has 0 fully saturated rings. The Morgan fingerprint density at radius 1 is 1.26 bits per heavy atom. The van der Waals surface area contributed by atoms with Crippen LogP contribution < -0.4 is 10.1 Å². The van der Waals surface area contributed by atoms with Gasteiger partial charge in [-0.2, -0.15) is 13.2 Å². The fourth-order valence-corrected chi connectivity index (χ4v) is 3.21. The number of amides is 1. The molecule has 3 heterocycles. The van der Waals surface area contributed by atoms with E-state index in [0.29, 0.717) is 36.9 Å². The first-order valence-electron chi connectivity index (χ1n) is 9.16. The minimum atomic E-state index is -4.73. The van der Waals surface area contributed by atoms with Gasteiger partial charge in [-0.25, -0.2) is 19.3 Å². The summed E-state index contributed by atoms with van der Waals surface area (Å²) in [4.78, 5) is 27.3. The van der Waals surface area contributed by atoms with Crippen molar-refractivity contribution in [3.05, 3.63) is 53.3 Å². The van der Waals surface area contributed by atoms with Crippen LogP contribution in [0.5, 0.6) is 5.88 Å². The highest BCUT2D eigenvalue weighted by Crippen LogP contribution is 2.35. The largest absolute Gasteiger partial charge is 0.481 e. The number of methoxy groups -OCH3 is 1. The quantitative estimate of drug-likeness (QED) is 0.623. The number of carbonyl (C=O) groups is 1. The number of aryl methyl sites for hydroxylation is 1. The van der Waals surface area contributed by atoms with Crippen LogP contribution in [0.25, 0.3) is 11.5 Å². The number of aromatic nitrogens is 4. The van der Waals surface area contributed by atoms with Crippen LogP contribution >= 0.6 is 0 Å². The van der Waals surface area contributed by atoms with Gasteiger partial charge in [-0.05, 0) is 19.3 Å². The molecule has 162 valence electrons. The summed E-state index contributed by atoms with van der Waals surface area (Å²) in [6, 6.07) is 0.666. The molecular formula is C19H15F4N5O3. The van der Waals surface area contributed by atoms with Crippen molar-refractivity contribution in [2.24, 2.45) is 0 Å². The SMILES string of the molecule is COc1cc(-c2nc3c(o2)[C@@H](NC(=O)c2cncc(C(F)(F)F)n2)CCC3)c(F)cn1. The van der Waals surface area contributed by atoms with E-state index < -0.39 is 35.3 Å². The van der Waals surface area contributed by atoms with Crippen LogP contribution in [0, 0.1) is 5.82 Å². The Labute approximate surface area is 172 Å². The zero-order chi connectivity index (χ0) is 22.2. The molecule has 31 heavy (non-hydrogen) atoms. The van der Waals surface area contributed by atoms with E-state index in [4.69, 9.17) is 9.15 Å². The fraction of sp³-hybridized carbons (Fsp3) is 0.316. The molecule has 1 aliphatic carbocycles. The molecule has 0 unspecified atom stereocenters. The third-order valence-corrected chi connectivity index (χ3v) is 4.68. The number of fused-ring (bicyclic) bond motifs is 1. The van der Waals surface area contributed by atoms with Gasteiger partial charge in [-0.1, -0.05) is 0 Å². The number of alkyl halides is 3. The number of hydrogen-bond acceptors (Lipinski definition) is 7. The zero-order valence-corrected chi connectivity index (χ0v) is 16.0. The molecule has 1 aliphatic rings. The highest BCUT2D eigenvalue weighted by molar-refractivity contribution is 5.92. The van der Waals surface area contributed by atoms with Gasteiger partial charge in [-0.15, -0.1) is 0 Å². The maximum atomic E-state index is 14.2. The summed E-state index contributed by atoms with van der Waals surface area (Å²) >= 11 is 0. The number of carbonyl (C=O) groups excluding carboxylic acids is 1. The average molecular weight is 437 g/mol. The van der Waals surface area contributed by atoms with Crippen LogP contribution in [0.4, 0.5) is 17.6 Å². The Kier molecular flexibility index (Phi) is 5.29. The molecule has 3 aromatic heterocycles. The Balaban J connectivity index is 1.60. The van der Waals surface area contributed by atoms with Gasteiger partial charge in [-0.3, -0.25) is 9.78 Å². The van der Waals surface area contributed by atoms with Crippen molar-refractivity contribution in [3.8, 4) is 17.3 Å². The summed E-state index contributed by atoms with van der Waals surface area (Å²) in [5, 5.41) is 2.60. The van der Waals surface area contributed by atoms with E-state index in [0.717, 1.165) is 12.4 Å². The normalized spacial score (nSPS) is 16.0. The van der Waals surface area contributed by atoms with Crippen molar-refractivity contribution < 1.29 is 31.5 Å². The van der Waals surface area contributed by atoms with Crippen molar-refractivity contribution >= 4 is 5.91 Å². The number of rotatable bonds is 4. The molecule has 1 N–H and O–H groups in total. The Hall–Kier alpha value is -3.57. The maximum Gasteiger partial charge on any atom is 0.434 e. The number of pyridine rings is 1. The lowest BCUT2D eigenvalue weighted by molar-refractivity contribution is -0.141. The third-order valence-electron chi connectivity index (χ3n) is 4.68. The number of hydrogen-bond donors (Lipinski definition) is 1. The smallest absolute Gasteiger partial charge is 0.434 e. The monoisotopic (exact) mass is 437 g/mol. The van der Waals surface area contributed by atoms with Gasteiger partial charge in [0.2, 0.25) is 11.8 Å². The van der Waals surface area contributed by atoms with Crippen LogP contribution in [0.3, 0.4) is 0 Å². The fourth-order valence-electron chi connectivity index (χ4n) is 3.21. The number of ether oxygens (including phenoxy) is 1. The lowest BCUT2D eigenvalue weighted by Crippen LogP contribution is -2.31. The van der Waals surface area contributed by atoms with Gasteiger partial charge in [0.25, 0.3) is 5.91 Å². The lowest BCUT2D eigenvalue weighted by atomic mass is 9.97. The second-order valence-corrected chi connectivity index (χ2v) is 6.74. The molecule has 0 aliphatic heterocycles. The van der Waals surface area contributed by atoms with Crippen LogP contribution in [0.1, 0.15) is 46.5 Å². The molecule has 1 atom stereocenters. The molecule has 0 radical (unpaired) electrons. The molecule has 0 bridgehead atoms. The van der Waals surface area contributed by atoms with Crippen LogP contribution in [0.15, 0.2) is 29.1 Å². The van der Waals surface area contributed by atoms with Crippen molar-refractivity contribution in [1.29, 1.82) is 0 Å².